The Kier molecular flexibility index (Phi) is 7.20. The van der Waals surface area contributed by atoms with Gasteiger partial charge in [0.05, 0.1) is 18.9 Å². The summed E-state index contributed by atoms with van der Waals surface area (Å²) >= 11 is 0. The summed E-state index contributed by atoms with van der Waals surface area (Å²) < 4.78 is 71.5. The number of methoxy groups -OCH3 is 1. The molecule has 1 fully saturated rings. The lowest BCUT2D eigenvalue weighted by molar-refractivity contribution is -0.143. The normalized spacial score (nSPS) is 15.7. The molecular formula is C23H22F4N4O4. The number of aromatic nitrogens is 3. The fourth-order valence-corrected chi connectivity index (χ4v) is 3.62. The van der Waals surface area contributed by atoms with Gasteiger partial charge >= 0.3 is 6.18 Å². The topological polar surface area (TPSA) is 87.5 Å². The number of hydrogen-bond acceptors (Lipinski definition) is 6. The second-order valence-corrected chi connectivity index (χ2v) is 7.79. The van der Waals surface area contributed by atoms with E-state index >= 15 is 0 Å². The Morgan fingerprint density at radius 1 is 1.20 bits per heavy atom. The Balaban J connectivity index is 1.47. The molecular weight excluding hydrogens is 472 g/mol. The minimum absolute atomic E-state index is 0.0184. The lowest BCUT2D eigenvalue weighted by Crippen LogP contribution is -2.27. The first-order valence-electron chi connectivity index (χ1n) is 10.7. The molecule has 1 N–H and O–H groups in total. The Labute approximate surface area is 197 Å². The van der Waals surface area contributed by atoms with E-state index in [1.54, 1.807) is 18.2 Å². The van der Waals surface area contributed by atoms with Crippen LogP contribution in [-0.4, -0.2) is 47.3 Å². The van der Waals surface area contributed by atoms with Crippen molar-refractivity contribution in [2.24, 2.45) is 0 Å². The quantitative estimate of drug-likeness (QED) is 0.478. The average Bonchev–Trinajstić information content (AvgIpc) is 3.52. The number of ether oxygens (including phenoxy) is 3. The van der Waals surface area contributed by atoms with Crippen LogP contribution in [0.4, 0.5) is 17.6 Å². The highest BCUT2D eigenvalue weighted by molar-refractivity contribution is 5.93. The van der Waals surface area contributed by atoms with E-state index in [0.717, 1.165) is 37.1 Å². The van der Waals surface area contributed by atoms with E-state index in [-0.39, 0.29) is 18.3 Å². The first kappa shape index (κ1) is 24.5. The molecule has 1 unspecified atom stereocenters. The van der Waals surface area contributed by atoms with Gasteiger partial charge in [0.25, 0.3) is 5.91 Å². The van der Waals surface area contributed by atoms with Crippen LogP contribution in [0.5, 0.6) is 11.5 Å². The van der Waals surface area contributed by atoms with E-state index in [1.165, 1.54) is 7.11 Å². The molecule has 1 aromatic heterocycles. The van der Waals surface area contributed by atoms with Gasteiger partial charge < -0.3 is 19.5 Å². The zero-order chi connectivity index (χ0) is 25.0. The van der Waals surface area contributed by atoms with E-state index in [1.807, 2.05) is 0 Å². The second-order valence-electron chi connectivity index (χ2n) is 7.79. The molecule has 3 aromatic rings. The van der Waals surface area contributed by atoms with Crippen molar-refractivity contribution in [1.29, 1.82) is 0 Å². The SMILES string of the molecule is COc1cc(CNC(=O)c2nnn(-c3ccc(F)cc3)c2C(F)(F)F)ccc1OCC1CCCO1. The van der Waals surface area contributed by atoms with Crippen molar-refractivity contribution in [3.63, 3.8) is 0 Å². The van der Waals surface area contributed by atoms with Crippen LogP contribution in [0, 0.1) is 5.82 Å². The van der Waals surface area contributed by atoms with Gasteiger partial charge in [0.15, 0.2) is 22.9 Å². The Bertz CT molecular complexity index is 1180. The molecule has 0 spiro atoms. The summed E-state index contributed by atoms with van der Waals surface area (Å²) in [5.41, 5.74) is -1.78. The molecule has 4 rings (SSSR count). The number of alkyl halides is 3. The number of rotatable bonds is 8. The molecule has 1 aliphatic heterocycles. The molecule has 0 aliphatic carbocycles. The molecule has 1 atom stereocenters. The van der Waals surface area contributed by atoms with Gasteiger partial charge in [-0.2, -0.15) is 13.2 Å². The predicted molar refractivity (Wildman–Crippen MR) is 115 cm³/mol. The van der Waals surface area contributed by atoms with Crippen LogP contribution in [0.25, 0.3) is 5.69 Å². The third-order valence-corrected chi connectivity index (χ3v) is 5.35. The molecule has 1 saturated heterocycles. The van der Waals surface area contributed by atoms with Crippen molar-refractivity contribution in [3.05, 3.63) is 65.2 Å². The average molecular weight is 494 g/mol. The third-order valence-electron chi connectivity index (χ3n) is 5.35. The second kappa shape index (κ2) is 10.3. The summed E-state index contributed by atoms with van der Waals surface area (Å²) in [5, 5.41) is 9.32. The van der Waals surface area contributed by atoms with E-state index in [9.17, 15) is 22.4 Å². The van der Waals surface area contributed by atoms with Crippen molar-refractivity contribution in [3.8, 4) is 17.2 Å². The largest absolute Gasteiger partial charge is 0.493 e. The number of halogens is 4. The maximum absolute atomic E-state index is 13.8. The van der Waals surface area contributed by atoms with Gasteiger partial charge in [-0.15, -0.1) is 5.10 Å². The molecule has 35 heavy (non-hydrogen) atoms. The van der Waals surface area contributed by atoms with Gasteiger partial charge in [0.2, 0.25) is 0 Å². The standard InChI is InChI=1S/C23H22F4N4O4/c1-33-19-11-14(4-9-18(19)35-13-17-3-2-10-34-17)12-28-22(32)20-21(23(25,26)27)31(30-29-20)16-7-5-15(24)6-8-16/h4-9,11,17H,2-3,10,12-13H2,1H3,(H,28,32). The van der Waals surface area contributed by atoms with Gasteiger partial charge in [-0.25, -0.2) is 9.07 Å². The van der Waals surface area contributed by atoms with Crippen LogP contribution in [-0.2, 0) is 17.5 Å². The van der Waals surface area contributed by atoms with E-state index in [4.69, 9.17) is 14.2 Å². The summed E-state index contributed by atoms with van der Waals surface area (Å²) in [4.78, 5) is 12.6. The lowest BCUT2D eigenvalue weighted by atomic mass is 10.2. The number of benzene rings is 2. The zero-order valence-corrected chi connectivity index (χ0v) is 18.6. The van der Waals surface area contributed by atoms with Crippen LogP contribution in [0.15, 0.2) is 42.5 Å². The number of amides is 1. The lowest BCUT2D eigenvalue weighted by Gasteiger charge is -2.15. The van der Waals surface area contributed by atoms with E-state index < -0.39 is 29.3 Å². The predicted octanol–water partition coefficient (Wildman–Crippen LogP) is 3.92. The zero-order valence-electron chi connectivity index (χ0n) is 18.6. The number of nitrogens with one attached hydrogen (secondary N) is 1. The van der Waals surface area contributed by atoms with Gasteiger partial charge in [-0.05, 0) is 54.8 Å². The minimum Gasteiger partial charge on any atom is -0.493 e. The smallest absolute Gasteiger partial charge is 0.435 e. The van der Waals surface area contributed by atoms with Crippen LogP contribution in [0.1, 0.15) is 34.6 Å². The Hall–Kier alpha value is -3.67. The van der Waals surface area contributed by atoms with E-state index in [2.05, 4.69) is 15.6 Å². The van der Waals surface area contributed by atoms with E-state index in [0.29, 0.717) is 35.0 Å². The van der Waals surface area contributed by atoms with Gasteiger partial charge in [-0.1, -0.05) is 11.3 Å². The van der Waals surface area contributed by atoms with Crippen molar-refractivity contribution >= 4 is 5.91 Å². The van der Waals surface area contributed by atoms with Crippen molar-refractivity contribution in [1.82, 2.24) is 20.3 Å². The van der Waals surface area contributed by atoms with Crippen LogP contribution >= 0.6 is 0 Å². The number of nitrogens with zero attached hydrogens (tertiary/aromatic N) is 3. The molecule has 0 bridgehead atoms. The fraction of sp³-hybridized carbons (Fsp3) is 0.348. The number of carbonyl (C=O) groups is 1. The molecule has 186 valence electrons. The highest BCUT2D eigenvalue weighted by Crippen LogP contribution is 2.33. The van der Waals surface area contributed by atoms with Gasteiger partial charge in [-0.3, -0.25) is 4.79 Å². The maximum Gasteiger partial charge on any atom is 0.435 e. The highest BCUT2D eigenvalue weighted by atomic mass is 19.4. The van der Waals surface area contributed by atoms with Gasteiger partial charge in [0.1, 0.15) is 12.4 Å². The molecule has 2 heterocycles. The highest BCUT2D eigenvalue weighted by Gasteiger charge is 2.42. The van der Waals surface area contributed by atoms with Crippen molar-refractivity contribution in [2.75, 3.05) is 20.3 Å². The van der Waals surface area contributed by atoms with Crippen molar-refractivity contribution < 1.29 is 36.6 Å². The van der Waals surface area contributed by atoms with Gasteiger partial charge in [0, 0.05) is 13.2 Å². The van der Waals surface area contributed by atoms with Crippen molar-refractivity contribution in [2.45, 2.75) is 31.7 Å². The van der Waals surface area contributed by atoms with Crippen LogP contribution in [0.2, 0.25) is 0 Å². The summed E-state index contributed by atoms with van der Waals surface area (Å²) in [6.45, 7) is 0.982. The molecule has 1 amide bonds. The molecule has 0 radical (unpaired) electrons. The Morgan fingerprint density at radius 2 is 1.97 bits per heavy atom. The summed E-state index contributed by atoms with van der Waals surface area (Å²) in [6.07, 6.45) is -3.02. The third kappa shape index (κ3) is 5.70. The molecule has 1 aliphatic rings. The molecule has 2 aromatic carbocycles. The summed E-state index contributed by atoms with van der Waals surface area (Å²) in [6, 6.07) is 9.11. The Morgan fingerprint density at radius 3 is 2.63 bits per heavy atom. The molecule has 0 saturated carbocycles. The first-order valence-corrected chi connectivity index (χ1v) is 10.7. The summed E-state index contributed by atoms with van der Waals surface area (Å²) in [5.74, 6) is -0.796. The fourth-order valence-electron chi connectivity index (χ4n) is 3.62. The first-order chi connectivity index (χ1) is 16.8. The van der Waals surface area contributed by atoms with Crippen LogP contribution < -0.4 is 14.8 Å². The molecule has 8 nitrogen and oxygen atoms in total. The number of hydrogen-bond donors (Lipinski definition) is 1. The number of carbonyl (C=O) groups excluding carboxylic acids is 1. The summed E-state index contributed by atoms with van der Waals surface area (Å²) in [7, 11) is 1.46. The monoisotopic (exact) mass is 494 g/mol. The van der Waals surface area contributed by atoms with Crippen LogP contribution in [0.3, 0.4) is 0 Å². The maximum atomic E-state index is 13.8. The minimum atomic E-state index is -4.93. The molecule has 12 heteroatoms.